The average molecular weight is 182 g/mol. The standard InChI is InChI=1S/C10H14OS/c1-8(2)9-4-6-10(7-5-9)11-12-3/h4-8H,1-3H3. The van der Waals surface area contributed by atoms with Crippen molar-refractivity contribution in [1.82, 2.24) is 0 Å². The lowest BCUT2D eigenvalue weighted by atomic mass is 10.0. The zero-order chi connectivity index (χ0) is 8.97. The second kappa shape index (κ2) is 4.41. The van der Waals surface area contributed by atoms with Gasteiger partial charge in [0, 0.05) is 6.26 Å². The maximum atomic E-state index is 5.26. The minimum absolute atomic E-state index is 0.591. The molecule has 0 aliphatic carbocycles. The van der Waals surface area contributed by atoms with Crippen molar-refractivity contribution in [2.45, 2.75) is 19.8 Å². The van der Waals surface area contributed by atoms with Crippen molar-refractivity contribution in [1.29, 1.82) is 0 Å². The Morgan fingerprint density at radius 2 is 1.75 bits per heavy atom. The van der Waals surface area contributed by atoms with E-state index in [0.717, 1.165) is 5.75 Å². The summed E-state index contributed by atoms with van der Waals surface area (Å²) in [4.78, 5) is 0. The Morgan fingerprint density at radius 1 is 1.17 bits per heavy atom. The molecule has 1 nitrogen and oxygen atoms in total. The van der Waals surface area contributed by atoms with Crippen LogP contribution >= 0.6 is 12.0 Å². The molecule has 0 atom stereocenters. The van der Waals surface area contributed by atoms with Crippen LogP contribution in [0.15, 0.2) is 24.3 Å². The third-order valence-corrected chi connectivity index (χ3v) is 2.09. The van der Waals surface area contributed by atoms with Gasteiger partial charge in [-0.25, -0.2) is 0 Å². The van der Waals surface area contributed by atoms with Crippen molar-refractivity contribution in [3.63, 3.8) is 0 Å². The molecule has 0 aliphatic rings. The second-order valence-corrected chi connectivity index (χ2v) is 3.47. The normalized spacial score (nSPS) is 10.3. The van der Waals surface area contributed by atoms with Crippen molar-refractivity contribution in [3.05, 3.63) is 29.8 Å². The van der Waals surface area contributed by atoms with E-state index in [1.54, 1.807) is 0 Å². The van der Waals surface area contributed by atoms with E-state index in [-0.39, 0.29) is 0 Å². The first-order valence-electron chi connectivity index (χ1n) is 4.04. The number of hydrogen-bond acceptors (Lipinski definition) is 2. The van der Waals surface area contributed by atoms with Gasteiger partial charge in [-0.2, -0.15) is 0 Å². The summed E-state index contributed by atoms with van der Waals surface area (Å²) in [6.07, 6.45) is 1.91. The largest absolute Gasteiger partial charge is 0.426 e. The van der Waals surface area contributed by atoms with Crippen molar-refractivity contribution < 1.29 is 4.18 Å². The van der Waals surface area contributed by atoms with Crippen molar-refractivity contribution in [3.8, 4) is 5.75 Å². The molecule has 0 amide bonds. The maximum absolute atomic E-state index is 5.26. The van der Waals surface area contributed by atoms with E-state index in [4.69, 9.17) is 4.18 Å². The fourth-order valence-electron chi connectivity index (χ4n) is 1.00. The molecule has 0 N–H and O–H groups in total. The van der Waals surface area contributed by atoms with Crippen molar-refractivity contribution >= 4 is 12.0 Å². The molecule has 1 aromatic carbocycles. The molecular formula is C10H14OS. The minimum atomic E-state index is 0.591. The molecule has 0 spiro atoms. The Balaban J connectivity index is 2.71. The van der Waals surface area contributed by atoms with Crippen molar-refractivity contribution in [2.24, 2.45) is 0 Å². The van der Waals surface area contributed by atoms with Crippen LogP contribution in [0.2, 0.25) is 0 Å². The van der Waals surface area contributed by atoms with Gasteiger partial charge in [0.25, 0.3) is 0 Å². The second-order valence-electron chi connectivity index (χ2n) is 2.97. The van der Waals surface area contributed by atoms with E-state index < -0.39 is 0 Å². The molecule has 0 aliphatic heterocycles. The molecule has 0 saturated carbocycles. The van der Waals surface area contributed by atoms with E-state index in [9.17, 15) is 0 Å². The van der Waals surface area contributed by atoms with E-state index in [1.807, 2.05) is 18.4 Å². The summed E-state index contributed by atoms with van der Waals surface area (Å²) in [5.41, 5.74) is 1.35. The molecule has 0 unspecified atom stereocenters. The number of benzene rings is 1. The molecule has 0 bridgehead atoms. The van der Waals surface area contributed by atoms with Crippen LogP contribution in [-0.2, 0) is 0 Å². The van der Waals surface area contributed by atoms with Crippen LogP contribution in [0.25, 0.3) is 0 Å². The van der Waals surface area contributed by atoms with E-state index in [2.05, 4.69) is 26.0 Å². The predicted molar refractivity (Wildman–Crippen MR) is 54.7 cm³/mol. The summed E-state index contributed by atoms with van der Waals surface area (Å²) < 4.78 is 5.26. The predicted octanol–water partition coefficient (Wildman–Crippen LogP) is 3.47. The van der Waals surface area contributed by atoms with Gasteiger partial charge in [-0.15, -0.1) is 0 Å². The van der Waals surface area contributed by atoms with Crippen molar-refractivity contribution in [2.75, 3.05) is 6.26 Å². The molecule has 0 radical (unpaired) electrons. The molecule has 0 fully saturated rings. The lowest BCUT2D eigenvalue weighted by Gasteiger charge is -2.05. The van der Waals surface area contributed by atoms with Gasteiger partial charge in [0.05, 0.1) is 12.0 Å². The van der Waals surface area contributed by atoms with Crippen LogP contribution in [0, 0.1) is 0 Å². The lowest BCUT2D eigenvalue weighted by molar-refractivity contribution is 0.649. The Hall–Kier alpha value is -0.630. The molecule has 1 rings (SSSR count). The molecular weight excluding hydrogens is 168 g/mol. The van der Waals surface area contributed by atoms with Crippen LogP contribution in [-0.4, -0.2) is 6.26 Å². The summed E-state index contributed by atoms with van der Waals surface area (Å²) in [5, 5.41) is 0. The Bertz CT molecular complexity index is 228. The highest BCUT2D eigenvalue weighted by molar-refractivity contribution is 7.94. The maximum Gasteiger partial charge on any atom is 0.137 e. The topological polar surface area (TPSA) is 9.23 Å². The first-order chi connectivity index (χ1) is 5.74. The minimum Gasteiger partial charge on any atom is -0.426 e. The van der Waals surface area contributed by atoms with Crippen LogP contribution < -0.4 is 4.18 Å². The summed E-state index contributed by atoms with van der Waals surface area (Å²) in [5.74, 6) is 1.51. The molecule has 1 aromatic rings. The van der Waals surface area contributed by atoms with Crippen LogP contribution in [0.1, 0.15) is 25.3 Å². The zero-order valence-corrected chi connectivity index (χ0v) is 8.52. The van der Waals surface area contributed by atoms with Gasteiger partial charge in [0.15, 0.2) is 0 Å². The Morgan fingerprint density at radius 3 is 2.17 bits per heavy atom. The molecule has 0 aromatic heterocycles. The average Bonchev–Trinajstić information content (AvgIpc) is 2.06. The highest BCUT2D eigenvalue weighted by Crippen LogP contribution is 2.20. The fraction of sp³-hybridized carbons (Fsp3) is 0.400. The van der Waals surface area contributed by atoms with Gasteiger partial charge in [-0.05, 0) is 23.6 Å². The molecule has 0 heterocycles. The van der Waals surface area contributed by atoms with E-state index >= 15 is 0 Å². The third kappa shape index (κ3) is 2.45. The van der Waals surface area contributed by atoms with Gasteiger partial charge in [0.2, 0.25) is 0 Å². The quantitative estimate of drug-likeness (QED) is 0.662. The molecule has 0 saturated heterocycles. The summed E-state index contributed by atoms with van der Waals surface area (Å²) >= 11 is 1.37. The number of rotatable bonds is 3. The monoisotopic (exact) mass is 182 g/mol. The van der Waals surface area contributed by atoms with Crippen LogP contribution in [0.5, 0.6) is 5.75 Å². The molecule has 12 heavy (non-hydrogen) atoms. The SMILES string of the molecule is CSOc1ccc(C(C)C)cc1. The third-order valence-electron chi connectivity index (χ3n) is 1.73. The van der Waals surface area contributed by atoms with E-state index in [0.29, 0.717) is 5.92 Å². The first kappa shape index (κ1) is 9.46. The summed E-state index contributed by atoms with van der Waals surface area (Å²) in [7, 11) is 0. The fourth-order valence-corrected chi connectivity index (χ4v) is 1.31. The van der Waals surface area contributed by atoms with Gasteiger partial charge in [-0.3, -0.25) is 0 Å². The Kier molecular flexibility index (Phi) is 3.48. The van der Waals surface area contributed by atoms with Crippen LogP contribution in [0.3, 0.4) is 0 Å². The van der Waals surface area contributed by atoms with E-state index in [1.165, 1.54) is 17.6 Å². The van der Waals surface area contributed by atoms with Gasteiger partial charge < -0.3 is 4.18 Å². The highest BCUT2D eigenvalue weighted by Gasteiger charge is 1.98. The highest BCUT2D eigenvalue weighted by atomic mass is 32.2. The summed E-state index contributed by atoms with van der Waals surface area (Å²) in [6.45, 7) is 4.37. The van der Waals surface area contributed by atoms with Crippen LogP contribution in [0.4, 0.5) is 0 Å². The first-order valence-corrected chi connectivity index (χ1v) is 5.19. The smallest absolute Gasteiger partial charge is 0.137 e. The summed E-state index contributed by atoms with van der Waals surface area (Å²) in [6, 6.07) is 8.23. The van der Waals surface area contributed by atoms with Gasteiger partial charge in [-0.1, -0.05) is 26.0 Å². The zero-order valence-electron chi connectivity index (χ0n) is 7.70. The Labute approximate surface area is 78.3 Å². The molecule has 2 heteroatoms. The van der Waals surface area contributed by atoms with Gasteiger partial charge >= 0.3 is 0 Å². The van der Waals surface area contributed by atoms with Gasteiger partial charge in [0.1, 0.15) is 5.75 Å². The molecule has 66 valence electrons. The number of hydrogen-bond donors (Lipinski definition) is 0. The lowest BCUT2D eigenvalue weighted by Crippen LogP contribution is -1.86.